The van der Waals surface area contributed by atoms with E-state index in [2.05, 4.69) is 36.0 Å². The molecule has 0 aromatic heterocycles. The van der Waals surface area contributed by atoms with E-state index < -0.39 is 0 Å². The van der Waals surface area contributed by atoms with Gasteiger partial charge in [0.1, 0.15) is 0 Å². The molecule has 0 aromatic carbocycles. The second-order valence-electron chi connectivity index (χ2n) is 6.14. The average molecular weight is 255 g/mol. The highest BCUT2D eigenvalue weighted by Gasteiger charge is 2.32. The summed E-state index contributed by atoms with van der Waals surface area (Å²) < 4.78 is 0. The molecule has 0 aromatic rings. The molecule has 0 amide bonds. The van der Waals surface area contributed by atoms with E-state index in [0.717, 1.165) is 6.54 Å². The van der Waals surface area contributed by atoms with Gasteiger partial charge in [0.25, 0.3) is 0 Å². The van der Waals surface area contributed by atoms with E-state index in [4.69, 9.17) is 0 Å². The molecule has 3 nitrogen and oxygen atoms in total. The molecule has 2 aliphatic rings. The summed E-state index contributed by atoms with van der Waals surface area (Å²) in [4.78, 5) is 5.14. The Morgan fingerprint density at radius 3 is 2.33 bits per heavy atom. The summed E-state index contributed by atoms with van der Waals surface area (Å²) in [6.45, 7) is 16.2. The average Bonchev–Trinajstić information content (AvgIpc) is 2.39. The minimum absolute atomic E-state index is 0.554. The Morgan fingerprint density at radius 1 is 1.17 bits per heavy atom. The Labute approximate surface area is 114 Å². The van der Waals surface area contributed by atoms with E-state index in [1.807, 2.05) is 13.8 Å². The van der Waals surface area contributed by atoms with Gasteiger partial charge in [0, 0.05) is 32.2 Å². The van der Waals surface area contributed by atoms with Crippen LogP contribution < -0.4 is 5.32 Å². The highest BCUT2D eigenvalue weighted by Crippen LogP contribution is 2.31. The Hall–Kier alpha value is -0.120. The number of hydrogen-bond donors (Lipinski definition) is 1. The molecule has 2 fully saturated rings. The molecular weight excluding hydrogens is 222 g/mol. The molecule has 108 valence electrons. The lowest BCUT2D eigenvalue weighted by molar-refractivity contribution is 0.0588. The number of nitrogens with one attached hydrogen (secondary N) is 1. The minimum Gasteiger partial charge on any atom is -0.314 e. The first-order chi connectivity index (χ1) is 8.59. The molecule has 1 unspecified atom stereocenters. The van der Waals surface area contributed by atoms with Crippen LogP contribution in [0.25, 0.3) is 0 Å². The van der Waals surface area contributed by atoms with Gasteiger partial charge < -0.3 is 10.2 Å². The van der Waals surface area contributed by atoms with Gasteiger partial charge in [-0.3, -0.25) is 4.90 Å². The molecule has 0 bridgehead atoms. The van der Waals surface area contributed by atoms with Crippen LogP contribution in [0.3, 0.4) is 0 Å². The van der Waals surface area contributed by atoms with Crippen LogP contribution in [0.2, 0.25) is 0 Å². The van der Waals surface area contributed by atoms with Crippen LogP contribution in [-0.2, 0) is 0 Å². The lowest BCUT2D eigenvalue weighted by Gasteiger charge is -2.44. The molecule has 0 spiro atoms. The van der Waals surface area contributed by atoms with E-state index in [1.165, 1.54) is 45.6 Å². The summed E-state index contributed by atoms with van der Waals surface area (Å²) in [5, 5.41) is 3.47. The first kappa shape index (κ1) is 15.9. The van der Waals surface area contributed by atoms with Gasteiger partial charge in [0.05, 0.1) is 0 Å². The second-order valence-corrected chi connectivity index (χ2v) is 6.14. The first-order valence-corrected chi connectivity index (χ1v) is 7.72. The smallest absolute Gasteiger partial charge is 0.0193 e. The number of rotatable bonds is 2. The van der Waals surface area contributed by atoms with Crippen molar-refractivity contribution in [1.29, 1.82) is 0 Å². The van der Waals surface area contributed by atoms with E-state index >= 15 is 0 Å². The normalized spacial score (nSPS) is 29.5. The van der Waals surface area contributed by atoms with Crippen molar-refractivity contribution >= 4 is 0 Å². The summed E-state index contributed by atoms with van der Waals surface area (Å²) >= 11 is 0. The number of likely N-dealkylation sites (tertiary alicyclic amines) is 1. The maximum atomic E-state index is 3.47. The maximum absolute atomic E-state index is 3.47. The summed E-state index contributed by atoms with van der Waals surface area (Å²) in [5.74, 6) is 0. The monoisotopic (exact) mass is 255 g/mol. The van der Waals surface area contributed by atoms with Crippen molar-refractivity contribution in [2.24, 2.45) is 5.41 Å². The zero-order valence-corrected chi connectivity index (χ0v) is 13.1. The van der Waals surface area contributed by atoms with E-state index in [1.54, 1.807) is 0 Å². The minimum atomic E-state index is 0.554. The number of hydrogen-bond acceptors (Lipinski definition) is 3. The summed E-state index contributed by atoms with van der Waals surface area (Å²) in [6.07, 6.45) is 2.72. The fourth-order valence-electron chi connectivity index (χ4n) is 2.92. The lowest BCUT2D eigenvalue weighted by atomic mass is 9.79. The number of piperidine rings is 1. The molecule has 2 aliphatic heterocycles. The third-order valence-corrected chi connectivity index (χ3v) is 4.42. The van der Waals surface area contributed by atoms with Crippen LogP contribution in [0.5, 0.6) is 0 Å². The summed E-state index contributed by atoms with van der Waals surface area (Å²) in [5.41, 5.74) is 0.554. The predicted molar refractivity (Wildman–Crippen MR) is 80.1 cm³/mol. The summed E-state index contributed by atoms with van der Waals surface area (Å²) in [7, 11) is 2.24. The third kappa shape index (κ3) is 4.52. The second kappa shape index (κ2) is 7.46. The Kier molecular flexibility index (Phi) is 6.61. The van der Waals surface area contributed by atoms with Crippen LogP contribution in [0, 0.1) is 5.41 Å². The molecule has 0 aliphatic carbocycles. The quantitative estimate of drug-likeness (QED) is 0.814. The van der Waals surface area contributed by atoms with Crippen LogP contribution >= 0.6 is 0 Å². The molecule has 18 heavy (non-hydrogen) atoms. The fraction of sp³-hybridized carbons (Fsp3) is 1.00. The topological polar surface area (TPSA) is 18.5 Å². The van der Waals surface area contributed by atoms with Crippen LogP contribution in [0.15, 0.2) is 0 Å². The molecule has 1 atom stereocenters. The van der Waals surface area contributed by atoms with Crippen LogP contribution in [0.4, 0.5) is 0 Å². The van der Waals surface area contributed by atoms with Crippen molar-refractivity contribution in [3.63, 3.8) is 0 Å². The Balaban J connectivity index is 0.000000771. The molecule has 0 saturated carbocycles. The highest BCUT2D eigenvalue weighted by atomic mass is 15.2. The molecular formula is C15H33N3. The highest BCUT2D eigenvalue weighted by molar-refractivity contribution is 4.87. The fourth-order valence-corrected chi connectivity index (χ4v) is 2.92. The van der Waals surface area contributed by atoms with Crippen LogP contribution in [0.1, 0.15) is 40.5 Å². The van der Waals surface area contributed by atoms with Gasteiger partial charge in [0.2, 0.25) is 0 Å². The van der Waals surface area contributed by atoms with Gasteiger partial charge >= 0.3 is 0 Å². The van der Waals surface area contributed by atoms with Crippen molar-refractivity contribution < 1.29 is 0 Å². The number of piperazine rings is 1. The summed E-state index contributed by atoms with van der Waals surface area (Å²) in [6, 6.07) is 0.713. The van der Waals surface area contributed by atoms with Gasteiger partial charge in [-0.05, 0) is 45.3 Å². The van der Waals surface area contributed by atoms with E-state index in [9.17, 15) is 0 Å². The van der Waals surface area contributed by atoms with Crippen molar-refractivity contribution in [2.45, 2.75) is 46.6 Å². The lowest BCUT2D eigenvalue weighted by Crippen LogP contribution is -2.54. The largest absolute Gasteiger partial charge is 0.314 e. The van der Waals surface area contributed by atoms with Gasteiger partial charge in [-0.15, -0.1) is 0 Å². The molecule has 3 heteroatoms. The maximum Gasteiger partial charge on any atom is 0.0193 e. The predicted octanol–water partition coefficient (Wildman–Crippen LogP) is 2.04. The van der Waals surface area contributed by atoms with Gasteiger partial charge in [-0.25, -0.2) is 0 Å². The van der Waals surface area contributed by atoms with E-state index in [0.29, 0.717) is 11.5 Å². The number of nitrogens with zero attached hydrogens (tertiary/aromatic N) is 2. The SMILES string of the molecule is CC.CC1CNCCN1CC1(C)CCN(C)CC1. The Morgan fingerprint density at radius 2 is 1.78 bits per heavy atom. The van der Waals surface area contributed by atoms with Crippen molar-refractivity contribution in [1.82, 2.24) is 15.1 Å². The van der Waals surface area contributed by atoms with E-state index in [-0.39, 0.29) is 0 Å². The zero-order valence-electron chi connectivity index (χ0n) is 13.1. The van der Waals surface area contributed by atoms with Crippen molar-refractivity contribution in [3.8, 4) is 0 Å². The molecule has 1 N–H and O–H groups in total. The van der Waals surface area contributed by atoms with Crippen molar-refractivity contribution in [2.75, 3.05) is 46.3 Å². The molecule has 2 saturated heterocycles. The molecule has 0 radical (unpaired) electrons. The van der Waals surface area contributed by atoms with Gasteiger partial charge in [-0.2, -0.15) is 0 Å². The third-order valence-electron chi connectivity index (χ3n) is 4.42. The zero-order chi connectivity index (χ0) is 13.6. The van der Waals surface area contributed by atoms with Gasteiger partial charge in [0.15, 0.2) is 0 Å². The Bertz CT molecular complexity index is 222. The van der Waals surface area contributed by atoms with Crippen molar-refractivity contribution in [3.05, 3.63) is 0 Å². The standard InChI is InChI=1S/C13H27N3.C2H6/c1-12-10-14-6-9-16(12)11-13(2)4-7-15(3)8-5-13;1-2/h12,14H,4-11H2,1-3H3;1-2H3. The first-order valence-electron chi connectivity index (χ1n) is 7.72. The van der Waals surface area contributed by atoms with Crippen LogP contribution in [-0.4, -0.2) is 62.2 Å². The molecule has 2 heterocycles. The van der Waals surface area contributed by atoms with Gasteiger partial charge in [-0.1, -0.05) is 20.8 Å². The molecule has 2 rings (SSSR count).